The van der Waals surface area contributed by atoms with E-state index in [1.165, 1.54) is 41.3 Å². The van der Waals surface area contributed by atoms with Gasteiger partial charge in [-0.25, -0.2) is 13.6 Å². The fraction of sp³-hybridized carbons (Fsp3) is 0.0556. The van der Waals surface area contributed by atoms with Crippen LogP contribution in [0.15, 0.2) is 58.3 Å². The van der Waals surface area contributed by atoms with Crippen LogP contribution < -0.4 is 10.5 Å². The molecule has 0 saturated carbocycles. The van der Waals surface area contributed by atoms with Crippen molar-refractivity contribution < 1.29 is 23.1 Å². The number of carbonyl (C=O) groups is 2. The number of thiocarbonyl (C=S) groups is 1. The summed E-state index contributed by atoms with van der Waals surface area (Å²) in [4.78, 5) is 26.3. The van der Waals surface area contributed by atoms with Gasteiger partial charge in [0, 0.05) is 5.69 Å². The first-order valence-corrected chi connectivity index (χ1v) is 10.9. The summed E-state index contributed by atoms with van der Waals surface area (Å²) in [5.41, 5.74) is 0.980. The summed E-state index contributed by atoms with van der Waals surface area (Å²) in [6.45, 7) is -0.293. The number of sulfonamides is 1. The van der Waals surface area contributed by atoms with E-state index in [9.17, 15) is 23.1 Å². The molecule has 8 nitrogen and oxygen atoms in total. The lowest BCUT2D eigenvalue weighted by atomic mass is 10.2. The van der Waals surface area contributed by atoms with Crippen molar-refractivity contribution >= 4 is 61.9 Å². The molecule has 0 unspecified atom stereocenters. The van der Waals surface area contributed by atoms with Crippen LogP contribution in [0, 0.1) is 0 Å². The molecule has 1 fully saturated rings. The fourth-order valence-electron chi connectivity index (χ4n) is 2.47. The third kappa shape index (κ3) is 5.21. The van der Waals surface area contributed by atoms with E-state index in [1.54, 1.807) is 18.2 Å². The Bertz CT molecular complexity index is 1130. The Balaban J connectivity index is 1.67. The highest BCUT2D eigenvalue weighted by Crippen LogP contribution is 2.32. The van der Waals surface area contributed by atoms with Crippen LogP contribution in [-0.4, -0.2) is 41.1 Å². The summed E-state index contributed by atoms with van der Waals surface area (Å²) in [5.74, 6) is -0.839. The molecule has 1 aliphatic rings. The number of anilines is 1. The Morgan fingerprint density at radius 1 is 1.24 bits per heavy atom. The number of thioether (sulfide) groups is 1. The molecule has 29 heavy (non-hydrogen) atoms. The molecule has 0 aromatic heterocycles. The zero-order chi connectivity index (χ0) is 21.2. The van der Waals surface area contributed by atoms with Gasteiger partial charge in [0.1, 0.15) is 16.6 Å². The maximum Gasteiger partial charge on any atom is 0.266 e. The van der Waals surface area contributed by atoms with Gasteiger partial charge in [-0.3, -0.25) is 14.5 Å². The van der Waals surface area contributed by atoms with Gasteiger partial charge in [-0.15, -0.1) is 0 Å². The SMILES string of the molecule is NS(=O)(=O)c1ccc(NC(=O)CN2C(=O)/C(=C/c3cccc(O)c3)SC2=S)cc1. The highest BCUT2D eigenvalue weighted by Gasteiger charge is 2.33. The Kier molecular flexibility index (Phi) is 6.03. The zero-order valence-electron chi connectivity index (χ0n) is 14.7. The molecule has 0 spiro atoms. The lowest BCUT2D eigenvalue weighted by molar-refractivity contribution is -0.126. The number of nitrogens with one attached hydrogen (secondary N) is 1. The summed E-state index contributed by atoms with van der Waals surface area (Å²) in [7, 11) is -3.82. The first-order valence-electron chi connectivity index (χ1n) is 8.10. The maximum atomic E-state index is 12.6. The fourth-order valence-corrected chi connectivity index (χ4v) is 4.24. The molecular weight excluding hydrogens is 434 g/mol. The lowest BCUT2D eigenvalue weighted by Crippen LogP contribution is -2.36. The number of nitrogens with two attached hydrogens (primary N) is 1. The minimum atomic E-state index is -3.82. The van der Waals surface area contributed by atoms with Crippen molar-refractivity contribution in [1.29, 1.82) is 0 Å². The predicted octanol–water partition coefficient (Wildman–Crippen LogP) is 1.88. The van der Waals surface area contributed by atoms with Crippen LogP contribution in [0.5, 0.6) is 5.75 Å². The minimum absolute atomic E-state index is 0.0714. The molecular formula is C18H15N3O5S3. The summed E-state index contributed by atoms with van der Waals surface area (Å²) in [6, 6.07) is 11.7. The Morgan fingerprint density at radius 3 is 2.55 bits per heavy atom. The Morgan fingerprint density at radius 2 is 1.93 bits per heavy atom. The number of amides is 2. The largest absolute Gasteiger partial charge is 0.508 e. The average Bonchev–Trinajstić information content (AvgIpc) is 2.89. The van der Waals surface area contributed by atoms with Crippen molar-refractivity contribution in [2.24, 2.45) is 5.14 Å². The third-order valence-corrected chi connectivity index (χ3v) is 6.12. The molecule has 0 atom stereocenters. The van der Waals surface area contributed by atoms with Crippen molar-refractivity contribution in [3.05, 3.63) is 59.0 Å². The summed E-state index contributed by atoms with van der Waals surface area (Å²) in [5, 5.41) is 17.1. The highest BCUT2D eigenvalue weighted by atomic mass is 32.2. The first kappa shape index (κ1) is 21.0. The second kappa shape index (κ2) is 8.33. The molecule has 3 rings (SSSR count). The molecule has 2 aromatic rings. The van der Waals surface area contributed by atoms with Gasteiger partial charge >= 0.3 is 0 Å². The number of hydrogen-bond acceptors (Lipinski definition) is 7. The summed E-state index contributed by atoms with van der Waals surface area (Å²) < 4.78 is 22.8. The van der Waals surface area contributed by atoms with Gasteiger partial charge in [0.05, 0.1) is 9.80 Å². The Labute approximate surface area is 176 Å². The highest BCUT2D eigenvalue weighted by molar-refractivity contribution is 8.26. The van der Waals surface area contributed by atoms with Gasteiger partial charge in [0.25, 0.3) is 5.91 Å². The number of nitrogens with zero attached hydrogens (tertiary/aromatic N) is 1. The molecule has 0 aliphatic carbocycles. The van der Waals surface area contributed by atoms with E-state index in [0.29, 0.717) is 16.2 Å². The number of primary sulfonamides is 1. The summed E-state index contributed by atoms with van der Waals surface area (Å²) in [6.07, 6.45) is 1.59. The molecule has 0 radical (unpaired) electrons. The predicted molar refractivity (Wildman–Crippen MR) is 114 cm³/mol. The van der Waals surface area contributed by atoms with Gasteiger partial charge in [-0.2, -0.15) is 0 Å². The van der Waals surface area contributed by atoms with Gasteiger partial charge in [-0.1, -0.05) is 36.1 Å². The van der Waals surface area contributed by atoms with Crippen LogP contribution in [0.25, 0.3) is 6.08 Å². The topological polar surface area (TPSA) is 130 Å². The van der Waals surface area contributed by atoms with E-state index in [0.717, 1.165) is 11.8 Å². The van der Waals surface area contributed by atoms with Crippen molar-refractivity contribution in [1.82, 2.24) is 4.90 Å². The van der Waals surface area contributed by atoms with Crippen LogP contribution in [0.3, 0.4) is 0 Å². The molecule has 2 aromatic carbocycles. The normalized spacial score (nSPS) is 15.8. The molecule has 1 heterocycles. The van der Waals surface area contributed by atoms with Gasteiger partial charge in [0.15, 0.2) is 0 Å². The number of hydrogen-bond donors (Lipinski definition) is 3. The van der Waals surface area contributed by atoms with E-state index in [4.69, 9.17) is 17.4 Å². The number of aromatic hydroxyl groups is 1. The summed E-state index contributed by atoms with van der Waals surface area (Å²) >= 11 is 6.26. The van der Waals surface area contributed by atoms with E-state index >= 15 is 0 Å². The van der Waals surface area contributed by atoms with E-state index in [2.05, 4.69) is 5.32 Å². The first-order chi connectivity index (χ1) is 13.6. The quantitative estimate of drug-likeness (QED) is 0.469. The number of carbonyl (C=O) groups excluding carboxylic acids is 2. The molecule has 1 aliphatic heterocycles. The maximum absolute atomic E-state index is 12.6. The van der Waals surface area contributed by atoms with Crippen LogP contribution >= 0.6 is 24.0 Å². The molecule has 2 amide bonds. The lowest BCUT2D eigenvalue weighted by Gasteiger charge is -2.14. The second-order valence-electron chi connectivity index (χ2n) is 5.98. The van der Waals surface area contributed by atoms with E-state index < -0.39 is 21.8 Å². The van der Waals surface area contributed by atoms with Gasteiger partial charge in [0.2, 0.25) is 15.9 Å². The van der Waals surface area contributed by atoms with Gasteiger partial charge in [-0.05, 0) is 48.0 Å². The van der Waals surface area contributed by atoms with Gasteiger partial charge < -0.3 is 10.4 Å². The minimum Gasteiger partial charge on any atom is -0.508 e. The number of phenolic OH excluding ortho intramolecular Hbond substituents is 1. The molecule has 11 heteroatoms. The molecule has 4 N–H and O–H groups in total. The van der Waals surface area contributed by atoms with Crippen LogP contribution in [0.4, 0.5) is 5.69 Å². The number of benzene rings is 2. The van der Waals surface area contributed by atoms with E-state index in [-0.39, 0.29) is 21.5 Å². The molecule has 0 bridgehead atoms. The van der Waals surface area contributed by atoms with Crippen molar-refractivity contribution in [3.63, 3.8) is 0 Å². The standard InChI is InChI=1S/C18H15N3O5S3/c19-29(25,26)14-6-4-12(5-7-14)20-16(23)10-21-17(24)15(28-18(21)27)9-11-2-1-3-13(22)8-11/h1-9,22H,10H2,(H,20,23)(H2,19,25,26)/b15-9-. The second-order valence-corrected chi connectivity index (χ2v) is 9.22. The van der Waals surface area contributed by atoms with Crippen LogP contribution in [-0.2, 0) is 19.6 Å². The smallest absolute Gasteiger partial charge is 0.266 e. The Hall–Kier alpha value is -2.73. The van der Waals surface area contributed by atoms with E-state index in [1.807, 2.05) is 0 Å². The van der Waals surface area contributed by atoms with Crippen molar-refractivity contribution in [2.45, 2.75) is 4.90 Å². The van der Waals surface area contributed by atoms with Crippen molar-refractivity contribution in [3.8, 4) is 5.75 Å². The molecule has 1 saturated heterocycles. The van der Waals surface area contributed by atoms with Crippen LogP contribution in [0.1, 0.15) is 5.56 Å². The third-order valence-electron chi connectivity index (χ3n) is 3.81. The number of phenols is 1. The average molecular weight is 450 g/mol. The number of rotatable bonds is 5. The monoisotopic (exact) mass is 449 g/mol. The van der Waals surface area contributed by atoms with Crippen LogP contribution in [0.2, 0.25) is 0 Å². The van der Waals surface area contributed by atoms with Crippen molar-refractivity contribution in [2.75, 3.05) is 11.9 Å². The molecule has 150 valence electrons. The zero-order valence-corrected chi connectivity index (χ0v) is 17.2.